The van der Waals surface area contributed by atoms with Crippen molar-refractivity contribution in [3.8, 4) is 0 Å². The van der Waals surface area contributed by atoms with Crippen LogP contribution >= 0.6 is 0 Å². The fourth-order valence-electron chi connectivity index (χ4n) is 1.91. The number of nitrogens with one attached hydrogen (secondary N) is 1. The lowest BCUT2D eigenvalue weighted by atomic mass is 10.1. The van der Waals surface area contributed by atoms with Gasteiger partial charge >= 0.3 is 6.18 Å². The van der Waals surface area contributed by atoms with E-state index in [0.717, 1.165) is 17.7 Å². The van der Waals surface area contributed by atoms with E-state index in [1.807, 2.05) is 6.07 Å². The van der Waals surface area contributed by atoms with Crippen molar-refractivity contribution in [1.29, 1.82) is 0 Å². The maximum absolute atomic E-state index is 12.5. The van der Waals surface area contributed by atoms with Crippen LogP contribution in [0, 0.1) is 0 Å². The van der Waals surface area contributed by atoms with Crippen LogP contribution in [0.1, 0.15) is 22.9 Å². The smallest absolute Gasteiger partial charge is 0.363 e. The summed E-state index contributed by atoms with van der Waals surface area (Å²) in [6.45, 7) is 0. The molecule has 4 nitrogen and oxygen atoms in total. The highest BCUT2D eigenvalue weighted by Gasteiger charge is 2.30. The second-order valence-corrected chi connectivity index (χ2v) is 4.43. The lowest BCUT2D eigenvalue weighted by Gasteiger charge is -2.10. The molecule has 0 spiro atoms. The molecule has 0 fully saturated rings. The Bertz CT molecular complexity index is 653. The first-order chi connectivity index (χ1) is 10.0. The molecule has 3 rings (SSSR count). The van der Waals surface area contributed by atoms with Crippen LogP contribution in [0.4, 0.5) is 13.2 Å². The molecule has 1 aromatic carbocycles. The van der Waals surface area contributed by atoms with Crippen LogP contribution in [0.15, 0.2) is 53.9 Å². The number of hydrogen-bond acceptors (Lipinski definition) is 4. The number of hydrogen-bond donors (Lipinski definition) is 1. The van der Waals surface area contributed by atoms with Gasteiger partial charge in [0.15, 0.2) is 5.84 Å². The third kappa shape index (κ3) is 2.81. The number of nitrogens with zero attached hydrogens (tertiary/aromatic N) is 2. The highest BCUT2D eigenvalue weighted by atomic mass is 19.4. The standard InChI is InChI=1S/C14H10F3N3O/c15-14(16,17)11-5-3-9(4-6-11)12-19-13(21-20-12)10-2-1-7-18-8-10/h1-8,13H,(H,19,20). The minimum Gasteiger partial charge on any atom is -0.363 e. The Kier molecular flexibility index (Phi) is 3.25. The maximum Gasteiger partial charge on any atom is 0.416 e. The van der Waals surface area contributed by atoms with Gasteiger partial charge in [-0.25, -0.2) is 0 Å². The van der Waals surface area contributed by atoms with E-state index in [1.54, 1.807) is 18.5 Å². The van der Waals surface area contributed by atoms with Crippen LogP contribution in [0.5, 0.6) is 0 Å². The van der Waals surface area contributed by atoms with Crippen molar-refractivity contribution < 1.29 is 18.0 Å². The number of amidine groups is 1. The first-order valence-corrected chi connectivity index (χ1v) is 6.12. The fourth-order valence-corrected chi connectivity index (χ4v) is 1.91. The number of aromatic nitrogens is 1. The van der Waals surface area contributed by atoms with E-state index in [2.05, 4.69) is 15.5 Å². The Morgan fingerprint density at radius 3 is 2.48 bits per heavy atom. The molecular weight excluding hydrogens is 283 g/mol. The molecule has 1 atom stereocenters. The normalized spacial score (nSPS) is 17.9. The largest absolute Gasteiger partial charge is 0.416 e. The summed E-state index contributed by atoms with van der Waals surface area (Å²) in [5, 5.41) is 6.84. The predicted molar refractivity (Wildman–Crippen MR) is 69.2 cm³/mol. The first kappa shape index (κ1) is 13.4. The van der Waals surface area contributed by atoms with E-state index in [9.17, 15) is 13.2 Å². The summed E-state index contributed by atoms with van der Waals surface area (Å²) in [6.07, 6.45) is -1.58. The van der Waals surface area contributed by atoms with Crippen LogP contribution in [-0.2, 0) is 11.0 Å². The van der Waals surface area contributed by atoms with Gasteiger partial charge in [-0.1, -0.05) is 23.4 Å². The number of alkyl halides is 3. The molecule has 2 aromatic rings. The maximum atomic E-state index is 12.5. The molecule has 0 saturated heterocycles. The van der Waals surface area contributed by atoms with Gasteiger partial charge in [-0.2, -0.15) is 13.2 Å². The van der Waals surface area contributed by atoms with E-state index in [1.165, 1.54) is 12.1 Å². The number of pyridine rings is 1. The third-order valence-corrected chi connectivity index (χ3v) is 2.99. The van der Waals surface area contributed by atoms with E-state index >= 15 is 0 Å². The zero-order valence-corrected chi connectivity index (χ0v) is 10.6. The van der Waals surface area contributed by atoms with Gasteiger partial charge in [-0.15, -0.1) is 0 Å². The average molecular weight is 293 g/mol. The lowest BCUT2D eigenvalue weighted by Crippen LogP contribution is -2.23. The Morgan fingerprint density at radius 1 is 1.10 bits per heavy atom. The number of rotatable bonds is 2. The summed E-state index contributed by atoms with van der Waals surface area (Å²) in [4.78, 5) is 9.19. The highest BCUT2D eigenvalue weighted by Crippen LogP contribution is 2.29. The lowest BCUT2D eigenvalue weighted by molar-refractivity contribution is -0.137. The van der Waals surface area contributed by atoms with Crippen LogP contribution in [0.2, 0.25) is 0 Å². The van der Waals surface area contributed by atoms with Gasteiger partial charge in [-0.05, 0) is 18.2 Å². The van der Waals surface area contributed by atoms with E-state index < -0.39 is 18.0 Å². The monoisotopic (exact) mass is 293 g/mol. The first-order valence-electron chi connectivity index (χ1n) is 6.12. The zero-order chi connectivity index (χ0) is 14.9. The summed E-state index contributed by atoms with van der Waals surface area (Å²) >= 11 is 0. The SMILES string of the molecule is FC(F)(F)c1ccc(C2=NOC(c3cccnc3)N2)cc1. The molecular formula is C14H10F3N3O. The zero-order valence-electron chi connectivity index (χ0n) is 10.6. The van der Waals surface area contributed by atoms with Crippen molar-refractivity contribution in [1.82, 2.24) is 10.3 Å². The minimum atomic E-state index is -4.35. The second-order valence-electron chi connectivity index (χ2n) is 4.43. The topological polar surface area (TPSA) is 46.5 Å². The van der Waals surface area contributed by atoms with Crippen LogP contribution in [-0.4, -0.2) is 10.8 Å². The van der Waals surface area contributed by atoms with Crippen molar-refractivity contribution >= 4 is 5.84 Å². The van der Waals surface area contributed by atoms with Gasteiger partial charge in [0.25, 0.3) is 0 Å². The van der Waals surface area contributed by atoms with E-state index in [-0.39, 0.29) is 0 Å². The molecule has 1 aliphatic rings. The van der Waals surface area contributed by atoms with Gasteiger partial charge in [0.1, 0.15) is 0 Å². The molecule has 1 aliphatic heterocycles. The van der Waals surface area contributed by atoms with Crippen molar-refractivity contribution in [2.24, 2.45) is 5.16 Å². The molecule has 0 aliphatic carbocycles. The van der Waals surface area contributed by atoms with Gasteiger partial charge < -0.3 is 10.2 Å². The Balaban J connectivity index is 1.74. The molecule has 108 valence electrons. The van der Waals surface area contributed by atoms with Crippen molar-refractivity contribution in [2.45, 2.75) is 12.4 Å². The van der Waals surface area contributed by atoms with E-state index in [0.29, 0.717) is 11.4 Å². The molecule has 1 aromatic heterocycles. The van der Waals surface area contributed by atoms with Crippen LogP contribution in [0.25, 0.3) is 0 Å². The van der Waals surface area contributed by atoms with Gasteiger partial charge in [-0.3, -0.25) is 4.98 Å². The highest BCUT2D eigenvalue weighted by molar-refractivity contribution is 5.99. The number of halogens is 3. The minimum absolute atomic E-state index is 0.387. The molecule has 1 N–H and O–H groups in total. The fraction of sp³-hybridized carbons (Fsp3) is 0.143. The number of benzene rings is 1. The number of oxime groups is 1. The summed E-state index contributed by atoms with van der Waals surface area (Å²) in [5.41, 5.74) is 0.604. The summed E-state index contributed by atoms with van der Waals surface area (Å²) in [5.74, 6) is 0.387. The molecule has 0 radical (unpaired) electrons. The van der Waals surface area contributed by atoms with E-state index in [4.69, 9.17) is 4.84 Å². The Labute approximate surface area is 118 Å². The summed E-state index contributed by atoms with van der Waals surface area (Å²) in [6, 6.07) is 8.30. The predicted octanol–water partition coefficient (Wildman–Crippen LogP) is 3.08. The van der Waals surface area contributed by atoms with Crippen molar-refractivity contribution in [3.63, 3.8) is 0 Å². The third-order valence-electron chi connectivity index (χ3n) is 2.99. The van der Waals surface area contributed by atoms with Gasteiger partial charge in [0, 0.05) is 23.5 Å². The van der Waals surface area contributed by atoms with Gasteiger partial charge in [0.2, 0.25) is 6.23 Å². The molecule has 1 unspecified atom stereocenters. The molecule has 0 bridgehead atoms. The molecule has 0 amide bonds. The van der Waals surface area contributed by atoms with Crippen LogP contribution in [0.3, 0.4) is 0 Å². The second kappa shape index (κ2) is 5.08. The van der Waals surface area contributed by atoms with Crippen LogP contribution < -0.4 is 5.32 Å². The van der Waals surface area contributed by atoms with Gasteiger partial charge in [0.05, 0.1) is 5.56 Å². The van der Waals surface area contributed by atoms with Crippen molar-refractivity contribution in [2.75, 3.05) is 0 Å². The molecule has 7 heteroatoms. The molecule has 0 saturated carbocycles. The average Bonchev–Trinajstić information content (AvgIpc) is 2.97. The Hall–Kier alpha value is -2.57. The summed E-state index contributed by atoms with van der Waals surface area (Å²) in [7, 11) is 0. The van der Waals surface area contributed by atoms with Crippen molar-refractivity contribution in [3.05, 3.63) is 65.5 Å². The Morgan fingerprint density at radius 2 is 1.86 bits per heavy atom. The summed E-state index contributed by atoms with van der Waals surface area (Å²) < 4.78 is 37.5. The molecule has 2 heterocycles. The quantitative estimate of drug-likeness (QED) is 0.925. The molecule has 21 heavy (non-hydrogen) atoms.